The number of morpholine rings is 1. The molecule has 8 nitrogen and oxygen atoms in total. The van der Waals surface area contributed by atoms with Crippen molar-refractivity contribution in [2.24, 2.45) is 0 Å². The van der Waals surface area contributed by atoms with Gasteiger partial charge < -0.3 is 14.2 Å². The van der Waals surface area contributed by atoms with Crippen LogP contribution in [0.2, 0.25) is 0 Å². The van der Waals surface area contributed by atoms with Crippen molar-refractivity contribution in [1.82, 2.24) is 25.0 Å². The van der Waals surface area contributed by atoms with Gasteiger partial charge in [0.25, 0.3) is 0 Å². The molecule has 3 aromatic heterocycles. The summed E-state index contributed by atoms with van der Waals surface area (Å²) >= 11 is 0. The number of ether oxygens (including phenoxy) is 1. The zero-order chi connectivity index (χ0) is 19.5. The highest BCUT2D eigenvalue weighted by Gasteiger charge is 2.31. The molecule has 2 aliphatic heterocycles. The lowest BCUT2D eigenvalue weighted by molar-refractivity contribution is 0.122. The average Bonchev–Trinajstić information content (AvgIpc) is 3.45. The monoisotopic (exact) mass is 392 g/mol. The molecule has 0 unspecified atom stereocenters. The number of likely N-dealkylation sites (tertiary alicyclic amines) is 1. The molecule has 0 radical (unpaired) electrons. The maximum atomic E-state index is 5.64. The minimum Gasteiger partial charge on any atom is -0.378 e. The molecule has 0 N–H and O–H groups in total. The highest BCUT2D eigenvalue weighted by atomic mass is 16.5. The van der Waals surface area contributed by atoms with Gasteiger partial charge in [-0.1, -0.05) is 11.2 Å². The summed E-state index contributed by atoms with van der Waals surface area (Å²) in [7, 11) is 0. The van der Waals surface area contributed by atoms with Gasteiger partial charge in [-0.05, 0) is 43.1 Å². The van der Waals surface area contributed by atoms with E-state index in [1.807, 2.05) is 30.6 Å². The molecular weight excluding hydrogens is 368 g/mol. The van der Waals surface area contributed by atoms with E-state index in [9.17, 15) is 0 Å². The van der Waals surface area contributed by atoms with Gasteiger partial charge in [-0.2, -0.15) is 4.98 Å². The Kier molecular flexibility index (Phi) is 5.19. The first-order chi connectivity index (χ1) is 14.4. The third-order valence-corrected chi connectivity index (χ3v) is 5.54. The number of anilines is 1. The molecule has 0 aromatic carbocycles. The van der Waals surface area contributed by atoms with E-state index in [0.29, 0.717) is 11.7 Å². The molecule has 1 atom stereocenters. The molecule has 0 aliphatic carbocycles. The molecule has 0 bridgehead atoms. The fraction of sp³-hybridized carbons (Fsp3) is 0.429. The van der Waals surface area contributed by atoms with Crippen molar-refractivity contribution < 1.29 is 9.26 Å². The first kappa shape index (κ1) is 18.2. The zero-order valence-corrected chi connectivity index (χ0v) is 16.3. The van der Waals surface area contributed by atoms with Crippen LogP contribution < -0.4 is 4.90 Å². The van der Waals surface area contributed by atoms with Crippen molar-refractivity contribution >= 4 is 5.82 Å². The van der Waals surface area contributed by atoms with Crippen LogP contribution >= 0.6 is 0 Å². The van der Waals surface area contributed by atoms with Crippen LogP contribution in [-0.4, -0.2) is 57.9 Å². The van der Waals surface area contributed by atoms with Crippen LogP contribution in [0.25, 0.3) is 11.4 Å². The molecule has 0 spiro atoms. The summed E-state index contributed by atoms with van der Waals surface area (Å²) in [5.41, 5.74) is 2.07. The summed E-state index contributed by atoms with van der Waals surface area (Å²) in [6, 6.07) is 8.24. The average molecular weight is 392 g/mol. The molecule has 3 aromatic rings. The number of rotatable bonds is 5. The second-order valence-electron chi connectivity index (χ2n) is 7.45. The molecule has 2 aliphatic rings. The molecule has 29 heavy (non-hydrogen) atoms. The predicted molar refractivity (Wildman–Crippen MR) is 107 cm³/mol. The lowest BCUT2D eigenvalue weighted by atomic mass is 10.2. The maximum Gasteiger partial charge on any atom is 0.244 e. The van der Waals surface area contributed by atoms with Crippen molar-refractivity contribution in [3.8, 4) is 11.4 Å². The first-order valence-electron chi connectivity index (χ1n) is 10.1. The SMILES string of the molecule is c1cncc(CN2CCC[C@H]2c2nc(-c3ccc(N4CCOCC4)nc3)no2)c1. The third-order valence-electron chi connectivity index (χ3n) is 5.54. The van der Waals surface area contributed by atoms with Gasteiger partial charge in [-0.25, -0.2) is 4.98 Å². The highest BCUT2D eigenvalue weighted by molar-refractivity contribution is 5.56. The molecule has 8 heteroatoms. The topological polar surface area (TPSA) is 80.4 Å². The Hall–Kier alpha value is -2.84. The van der Waals surface area contributed by atoms with Gasteiger partial charge in [-0.3, -0.25) is 9.88 Å². The maximum absolute atomic E-state index is 5.64. The fourth-order valence-corrected chi connectivity index (χ4v) is 4.01. The summed E-state index contributed by atoms with van der Waals surface area (Å²) in [5.74, 6) is 2.23. The van der Waals surface area contributed by atoms with Gasteiger partial charge >= 0.3 is 0 Å². The zero-order valence-electron chi connectivity index (χ0n) is 16.3. The lowest BCUT2D eigenvalue weighted by Gasteiger charge is -2.27. The van der Waals surface area contributed by atoms with Gasteiger partial charge in [0.15, 0.2) is 0 Å². The van der Waals surface area contributed by atoms with Crippen molar-refractivity contribution in [1.29, 1.82) is 0 Å². The van der Waals surface area contributed by atoms with E-state index in [1.165, 1.54) is 5.56 Å². The molecule has 5 heterocycles. The Morgan fingerprint density at radius 3 is 2.79 bits per heavy atom. The van der Waals surface area contributed by atoms with Gasteiger partial charge in [0.05, 0.1) is 19.3 Å². The van der Waals surface area contributed by atoms with Crippen LogP contribution in [0.5, 0.6) is 0 Å². The minimum absolute atomic E-state index is 0.150. The molecule has 150 valence electrons. The Morgan fingerprint density at radius 1 is 1.07 bits per heavy atom. The van der Waals surface area contributed by atoms with E-state index in [1.54, 1.807) is 6.20 Å². The van der Waals surface area contributed by atoms with E-state index < -0.39 is 0 Å². The number of pyridine rings is 2. The smallest absolute Gasteiger partial charge is 0.244 e. The van der Waals surface area contributed by atoms with Crippen LogP contribution in [0.4, 0.5) is 5.82 Å². The van der Waals surface area contributed by atoms with E-state index in [-0.39, 0.29) is 6.04 Å². The summed E-state index contributed by atoms with van der Waals surface area (Å²) in [5, 5.41) is 4.22. The number of nitrogens with zero attached hydrogens (tertiary/aromatic N) is 6. The van der Waals surface area contributed by atoms with E-state index in [0.717, 1.165) is 63.6 Å². The fourth-order valence-electron chi connectivity index (χ4n) is 4.01. The summed E-state index contributed by atoms with van der Waals surface area (Å²) in [4.78, 5) is 18.1. The quantitative estimate of drug-likeness (QED) is 0.656. The molecule has 2 fully saturated rings. The summed E-state index contributed by atoms with van der Waals surface area (Å²) in [6.45, 7) is 5.09. The van der Waals surface area contributed by atoms with Crippen LogP contribution in [0.3, 0.4) is 0 Å². The summed E-state index contributed by atoms with van der Waals surface area (Å²) in [6.07, 6.45) is 7.68. The van der Waals surface area contributed by atoms with E-state index >= 15 is 0 Å². The van der Waals surface area contributed by atoms with Gasteiger partial charge in [0, 0.05) is 43.8 Å². The van der Waals surface area contributed by atoms with E-state index in [2.05, 4.69) is 36.0 Å². The van der Waals surface area contributed by atoms with Crippen LogP contribution in [0.15, 0.2) is 47.4 Å². The first-order valence-corrected chi connectivity index (χ1v) is 10.1. The molecule has 0 amide bonds. The standard InChI is InChI=1S/C21H24N6O2/c1-3-16(13-22-7-1)15-27-8-2-4-18(27)21-24-20(25-29-21)17-5-6-19(23-14-17)26-9-11-28-12-10-26/h1,3,5-7,13-14,18H,2,4,8-12,15H2/t18-/m0/s1. The highest BCUT2D eigenvalue weighted by Crippen LogP contribution is 2.33. The van der Waals surface area contributed by atoms with E-state index in [4.69, 9.17) is 9.26 Å². The second kappa shape index (κ2) is 8.26. The Bertz CT molecular complexity index is 924. The van der Waals surface area contributed by atoms with Gasteiger partial charge in [0.2, 0.25) is 11.7 Å². The predicted octanol–water partition coefficient (Wildman–Crippen LogP) is 2.70. The molecule has 0 saturated carbocycles. The van der Waals surface area contributed by atoms with Crippen LogP contribution in [0, 0.1) is 0 Å². The van der Waals surface area contributed by atoms with Crippen LogP contribution in [0.1, 0.15) is 30.3 Å². The third kappa shape index (κ3) is 3.99. The Balaban J connectivity index is 1.29. The van der Waals surface area contributed by atoms with Crippen molar-refractivity contribution in [2.75, 3.05) is 37.7 Å². The van der Waals surface area contributed by atoms with Crippen molar-refractivity contribution in [2.45, 2.75) is 25.4 Å². The van der Waals surface area contributed by atoms with Crippen LogP contribution in [-0.2, 0) is 11.3 Å². The molecular formula is C21H24N6O2. The van der Waals surface area contributed by atoms with Gasteiger partial charge in [-0.15, -0.1) is 0 Å². The lowest BCUT2D eigenvalue weighted by Crippen LogP contribution is -2.36. The largest absolute Gasteiger partial charge is 0.378 e. The second-order valence-corrected chi connectivity index (χ2v) is 7.45. The van der Waals surface area contributed by atoms with Crippen molar-refractivity contribution in [3.05, 3.63) is 54.3 Å². The number of hydrogen-bond donors (Lipinski definition) is 0. The Morgan fingerprint density at radius 2 is 2.00 bits per heavy atom. The van der Waals surface area contributed by atoms with Crippen molar-refractivity contribution in [3.63, 3.8) is 0 Å². The molecule has 2 saturated heterocycles. The normalized spacial score (nSPS) is 20.3. The number of hydrogen-bond acceptors (Lipinski definition) is 8. The van der Waals surface area contributed by atoms with Gasteiger partial charge in [0.1, 0.15) is 5.82 Å². The minimum atomic E-state index is 0.150. The summed E-state index contributed by atoms with van der Waals surface area (Å²) < 4.78 is 11.0. The number of aromatic nitrogens is 4. The Labute approximate surface area is 169 Å². The molecule has 5 rings (SSSR count).